The Kier molecular flexibility index (Phi) is 6.24. The van der Waals surface area contributed by atoms with Crippen molar-refractivity contribution in [3.63, 3.8) is 0 Å². The molecule has 0 unspecified atom stereocenters. The number of nitrogens with one attached hydrogen (secondary N) is 2. The molecule has 2 aromatic rings. The number of carbonyl (C=O) groups excluding carboxylic acids is 1. The van der Waals surface area contributed by atoms with Crippen molar-refractivity contribution in [3.8, 4) is 5.75 Å². The van der Waals surface area contributed by atoms with Gasteiger partial charge in [-0.2, -0.15) is 0 Å². The lowest BCUT2D eigenvalue weighted by atomic mass is 9.85. The van der Waals surface area contributed by atoms with Gasteiger partial charge in [0.1, 0.15) is 5.75 Å². The maximum absolute atomic E-state index is 12.0. The molecule has 128 valence electrons. The zero-order chi connectivity index (χ0) is 17.4. The zero-order valence-electron chi connectivity index (χ0n) is 14.6. The van der Waals surface area contributed by atoms with Crippen LogP contribution in [0, 0.1) is 0 Å². The van der Waals surface area contributed by atoms with Crippen LogP contribution >= 0.6 is 0 Å². The quantitative estimate of drug-likeness (QED) is 0.818. The van der Waals surface area contributed by atoms with Gasteiger partial charge in [0.2, 0.25) is 0 Å². The Balaban J connectivity index is 1.75. The third-order valence-corrected chi connectivity index (χ3v) is 4.08. The predicted octanol–water partition coefficient (Wildman–Crippen LogP) is 3.51. The van der Waals surface area contributed by atoms with Crippen molar-refractivity contribution in [1.82, 2.24) is 10.6 Å². The van der Waals surface area contributed by atoms with E-state index in [0.29, 0.717) is 13.1 Å². The number of benzene rings is 2. The minimum atomic E-state index is -0.137. The molecule has 2 rings (SSSR count). The van der Waals surface area contributed by atoms with Gasteiger partial charge in [-0.1, -0.05) is 56.3 Å². The minimum absolute atomic E-state index is 0.106. The van der Waals surface area contributed by atoms with Crippen molar-refractivity contribution >= 4 is 6.03 Å². The van der Waals surface area contributed by atoms with Gasteiger partial charge in [-0.15, -0.1) is 0 Å². The van der Waals surface area contributed by atoms with Gasteiger partial charge in [-0.3, -0.25) is 0 Å². The molecule has 0 fully saturated rings. The summed E-state index contributed by atoms with van der Waals surface area (Å²) >= 11 is 0. The van der Waals surface area contributed by atoms with Crippen LogP contribution in [0.2, 0.25) is 0 Å². The molecule has 4 heteroatoms. The summed E-state index contributed by atoms with van der Waals surface area (Å²) in [6, 6.07) is 18.0. The van der Waals surface area contributed by atoms with Crippen molar-refractivity contribution in [2.24, 2.45) is 0 Å². The molecular weight excluding hydrogens is 300 g/mol. The third-order valence-electron chi connectivity index (χ3n) is 4.08. The lowest BCUT2D eigenvalue weighted by molar-refractivity contribution is 0.238. The van der Waals surface area contributed by atoms with E-state index in [-0.39, 0.29) is 11.4 Å². The first-order valence-electron chi connectivity index (χ1n) is 8.21. The summed E-state index contributed by atoms with van der Waals surface area (Å²) in [7, 11) is 1.65. The Bertz CT molecular complexity index is 654. The molecule has 0 aromatic heterocycles. The van der Waals surface area contributed by atoms with Crippen LogP contribution in [-0.4, -0.2) is 26.2 Å². The number of ether oxygens (including phenoxy) is 1. The molecular formula is C20H26N2O2. The first kappa shape index (κ1) is 17.9. The van der Waals surface area contributed by atoms with Crippen LogP contribution in [0.3, 0.4) is 0 Å². The summed E-state index contributed by atoms with van der Waals surface area (Å²) in [5.74, 6) is 0.835. The van der Waals surface area contributed by atoms with E-state index < -0.39 is 0 Å². The molecule has 0 aliphatic rings. The summed E-state index contributed by atoms with van der Waals surface area (Å²) in [6.07, 6.45) is 0.771. The molecule has 2 amide bonds. The second kappa shape index (κ2) is 8.39. The highest BCUT2D eigenvalue weighted by Gasteiger charge is 2.20. The van der Waals surface area contributed by atoms with E-state index in [1.165, 1.54) is 5.56 Å². The fourth-order valence-electron chi connectivity index (χ4n) is 2.50. The molecule has 2 N–H and O–H groups in total. The topological polar surface area (TPSA) is 50.4 Å². The molecule has 0 atom stereocenters. The number of amides is 2. The van der Waals surface area contributed by atoms with E-state index in [1.807, 2.05) is 42.5 Å². The number of carbonyl (C=O) groups is 1. The fourth-order valence-corrected chi connectivity index (χ4v) is 2.50. The highest BCUT2D eigenvalue weighted by atomic mass is 16.5. The van der Waals surface area contributed by atoms with Crippen LogP contribution in [-0.2, 0) is 11.8 Å². The minimum Gasteiger partial charge on any atom is -0.497 e. The summed E-state index contributed by atoms with van der Waals surface area (Å²) in [5, 5.41) is 5.86. The summed E-state index contributed by atoms with van der Waals surface area (Å²) < 4.78 is 5.20. The van der Waals surface area contributed by atoms with Gasteiger partial charge in [0.05, 0.1) is 7.11 Å². The molecule has 0 radical (unpaired) electrons. The van der Waals surface area contributed by atoms with Crippen molar-refractivity contribution in [2.45, 2.75) is 25.7 Å². The van der Waals surface area contributed by atoms with Gasteiger partial charge in [-0.25, -0.2) is 4.79 Å². The third kappa shape index (κ3) is 5.30. The van der Waals surface area contributed by atoms with Crippen molar-refractivity contribution < 1.29 is 9.53 Å². The van der Waals surface area contributed by atoms with Gasteiger partial charge in [0.25, 0.3) is 0 Å². The molecule has 0 bridgehead atoms. The van der Waals surface area contributed by atoms with Gasteiger partial charge < -0.3 is 15.4 Å². The Morgan fingerprint density at radius 2 is 1.79 bits per heavy atom. The predicted molar refractivity (Wildman–Crippen MR) is 97.6 cm³/mol. The number of hydrogen-bond donors (Lipinski definition) is 2. The number of rotatable bonds is 7. The first-order chi connectivity index (χ1) is 11.5. The Morgan fingerprint density at radius 1 is 1.04 bits per heavy atom. The Hall–Kier alpha value is -2.49. The van der Waals surface area contributed by atoms with Gasteiger partial charge in [0, 0.05) is 18.5 Å². The molecule has 0 heterocycles. The zero-order valence-corrected chi connectivity index (χ0v) is 14.6. The molecule has 0 saturated heterocycles. The maximum Gasteiger partial charge on any atom is 0.314 e. The molecule has 4 nitrogen and oxygen atoms in total. The average molecular weight is 326 g/mol. The summed E-state index contributed by atoms with van der Waals surface area (Å²) in [5.41, 5.74) is 2.24. The van der Waals surface area contributed by atoms with Gasteiger partial charge in [0.15, 0.2) is 0 Å². The van der Waals surface area contributed by atoms with Crippen molar-refractivity contribution in [3.05, 3.63) is 65.7 Å². The van der Waals surface area contributed by atoms with Crippen LogP contribution in [0.4, 0.5) is 4.79 Å². The lowest BCUT2D eigenvalue weighted by Crippen LogP contribution is -2.42. The van der Waals surface area contributed by atoms with Crippen LogP contribution < -0.4 is 15.4 Å². The highest BCUT2D eigenvalue weighted by molar-refractivity contribution is 5.73. The molecule has 0 aliphatic heterocycles. The SMILES string of the molecule is COc1cccc(CCNC(=O)NCC(C)(C)c2ccccc2)c1. The molecule has 0 aliphatic carbocycles. The highest BCUT2D eigenvalue weighted by Crippen LogP contribution is 2.21. The maximum atomic E-state index is 12.0. The Morgan fingerprint density at radius 3 is 2.50 bits per heavy atom. The number of hydrogen-bond acceptors (Lipinski definition) is 2. The normalized spacial score (nSPS) is 11.0. The molecule has 0 saturated carbocycles. The number of methoxy groups -OCH3 is 1. The standard InChI is InChI=1S/C20H26N2O2/c1-20(2,17-9-5-4-6-10-17)15-22-19(23)21-13-12-16-8-7-11-18(14-16)24-3/h4-11,14H,12-13,15H2,1-3H3,(H2,21,22,23). The van der Waals surface area contributed by atoms with Crippen molar-refractivity contribution in [1.29, 1.82) is 0 Å². The van der Waals surface area contributed by atoms with Gasteiger partial charge >= 0.3 is 6.03 Å². The van der Waals surface area contributed by atoms with E-state index in [4.69, 9.17) is 4.74 Å². The second-order valence-corrected chi connectivity index (χ2v) is 6.46. The summed E-state index contributed by atoms with van der Waals surface area (Å²) in [6.45, 7) is 5.42. The fraction of sp³-hybridized carbons (Fsp3) is 0.350. The average Bonchev–Trinajstić information content (AvgIpc) is 2.61. The van der Waals surface area contributed by atoms with E-state index in [1.54, 1.807) is 7.11 Å². The van der Waals surface area contributed by atoms with E-state index >= 15 is 0 Å². The van der Waals surface area contributed by atoms with E-state index in [2.05, 4.69) is 36.6 Å². The van der Waals surface area contributed by atoms with Crippen LogP contribution in [0.15, 0.2) is 54.6 Å². The monoisotopic (exact) mass is 326 g/mol. The smallest absolute Gasteiger partial charge is 0.314 e. The van der Waals surface area contributed by atoms with E-state index in [0.717, 1.165) is 17.7 Å². The van der Waals surface area contributed by atoms with Crippen LogP contribution in [0.25, 0.3) is 0 Å². The molecule has 0 spiro atoms. The summed E-state index contributed by atoms with van der Waals surface area (Å²) in [4.78, 5) is 12.0. The van der Waals surface area contributed by atoms with Crippen LogP contribution in [0.1, 0.15) is 25.0 Å². The van der Waals surface area contributed by atoms with Gasteiger partial charge in [-0.05, 0) is 29.7 Å². The first-order valence-corrected chi connectivity index (χ1v) is 8.21. The lowest BCUT2D eigenvalue weighted by Gasteiger charge is -2.25. The number of urea groups is 1. The molecule has 2 aromatic carbocycles. The largest absolute Gasteiger partial charge is 0.497 e. The van der Waals surface area contributed by atoms with E-state index in [9.17, 15) is 4.79 Å². The van der Waals surface area contributed by atoms with Crippen LogP contribution in [0.5, 0.6) is 5.75 Å². The second-order valence-electron chi connectivity index (χ2n) is 6.46. The Labute approximate surface area is 144 Å². The molecule has 24 heavy (non-hydrogen) atoms. The van der Waals surface area contributed by atoms with Crippen molar-refractivity contribution in [2.75, 3.05) is 20.2 Å².